The molecule has 0 bridgehead atoms. The van der Waals surface area contributed by atoms with Crippen molar-refractivity contribution in [3.05, 3.63) is 12.1 Å². The summed E-state index contributed by atoms with van der Waals surface area (Å²) in [7, 11) is 4.67. The number of nitriles is 1. The molecule has 1 N–H and O–H groups in total. The number of hydrogen-bond donors (Lipinski definition) is 1. The van der Waals surface area contributed by atoms with Crippen molar-refractivity contribution in [2.45, 2.75) is 13.0 Å². The molecule has 0 heterocycles. The number of methoxy groups -OCH3 is 3. The minimum absolute atomic E-state index is 0.341. The van der Waals surface area contributed by atoms with Gasteiger partial charge < -0.3 is 19.5 Å². The van der Waals surface area contributed by atoms with E-state index in [1.165, 1.54) is 0 Å². The summed E-state index contributed by atoms with van der Waals surface area (Å²) in [5.74, 6) is 1.78. The molecule has 1 rings (SSSR count). The predicted octanol–water partition coefficient (Wildman–Crippen LogP) is 2.04. The number of ether oxygens (including phenoxy) is 3. The number of nitrogens with one attached hydrogen (secondary N) is 1. The molecule has 92 valence electrons. The summed E-state index contributed by atoms with van der Waals surface area (Å²) in [5.41, 5.74) is 0.643. The second kappa shape index (κ2) is 5.85. The van der Waals surface area contributed by atoms with Gasteiger partial charge in [-0.15, -0.1) is 0 Å². The topological polar surface area (TPSA) is 63.5 Å². The van der Waals surface area contributed by atoms with Crippen LogP contribution in [0.4, 0.5) is 5.69 Å². The van der Waals surface area contributed by atoms with Crippen molar-refractivity contribution in [3.8, 4) is 23.3 Å². The number of hydrogen-bond acceptors (Lipinski definition) is 5. The van der Waals surface area contributed by atoms with Gasteiger partial charge in [-0.1, -0.05) is 0 Å². The van der Waals surface area contributed by atoms with Gasteiger partial charge in [0.2, 0.25) is 0 Å². The summed E-state index contributed by atoms with van der Waals surface area (Å²) in [6, 6.07) is 5.21. The molecule has 17 heavy (non-hydrogen) atoms. The molecule has 1 atom stereocenters. The van der Waals surface area contributed by atoms with Crippen LogP contribution in [0.1, 0.15) is 6.92 Å². The van der Waals surface area contributed by atoms with Crippen molar-refractivity contribution < 1.29 is 14.2 Å². The first-order valence-corrected chi connectivity index (χ1v) is 5.12. The van der Waals surface area contributed by atoms with E-state index in [4.69, 9.17) is 19.5 Å². The standard InChI is InChI=1S/C12H16N2O3/c1-8(7-13)14-12-10(16-3)5-9(15-2)6-11(12)17-4/h5-6,8,14H,1-4H3. The van der Waals surface area contributed by atoms with Crippen molar-refractivity contribution in [2.75, 3.05) is 26.6 Å². The van der Waals surface area contributed by atoms with Crippen LogP contribution < -0.4 is 19.5 Å². The smallest absolute Gasteiger partial charge is 0.149 e. The van der Waals surface area contributed by atoms with E-state index in [2.05, 4.69) is 11.4 Å². The Morgan fingerprint density at radius 1 is 1.12 bits per heavy atom. The van der Waals surface area contributed by atoms with Crippen LogP contribution in [0.2, 0.25) is 0 Å². The van der Waals surface area contributed by atoms with Crippen LogP contribution in [0.25, 0.3) is 0 Å². The van der Waals surface area contributed by atoms with E-state index in [9.17, 15) is 0 Å². The molecular weight excluding hydrogens is 220 g/mol. The Bertz CT molecular complexity index is 401. The molecule has 0 saturated heterocycles. The Kier molecular flexibility index (Phi) is 4.46. The van der Waals surface area contributed by atoms with E-state index in [1.54, 1.807) is 40.4 Å². The third-order valence-corrected chi connectivity index (χ3v) is 2.27. The molecule has 5 heteroatoms. The minimum Gasteiger partial charge on any atom is -0.496 e. The molecule has 1 aromatic carbocycles. The van der Waals surface area contributed by atoms with Gasteiger partial charge in [-0.3, -0.25) is 0 Å². The highest BCUT2D eigenvalue weighted by Gasteiger charge is 2.14. The van der Waals surface area contributed by atoms with Crippen LogP contribution in [0.15, 0.2) is 12.1 Å². The average Bonchev–Trinajstić information content (AvgIpc) is 2.38. The third kappa shape index (κ3) is 2.94. The van der Waals surface area contributed by atoms with E-state index < -0.39 is 0 Å². The van der Waals surface area contributed by atoms with E-state index in [0.29, 0.717) is 22.9 Å². The van der Waals surface area contributed by atoms with Gasteiger partial charge in [-0.05, 0) is 6.92 Å². The van der Waals surface area contributed by atoms with Crippen molar-refractivity contribution in [1.82, 2.24) is 0 Å². The van der Waals surface area contributed by atoms with Crippen LogP contribution in [0.3, 0.4) is 0 Å². The van der Waals surface area contributed by atoms with Crippen LogP contribution in [-0.2, 0) is 0 Å². The van der Waals surface area contributed by atoms with Gasteiger partial charge >= 0.3 is 0 Å². The summed E-state index contributed by atoms with van der Waals surface area (Å²) < 4.78 is 15.6. The van der Waals surface area contributed by atoms with Crippen LogP contribution in [0.5, 0.6) is 17.2 Å². The second-order valence-corrected chi connectivity index (χ2v) is 3.40. The molecule has 1 aromatic rings. The molecule has 0 aliphatic carbocycles. The van der Waals surface area contributed by atoms with Gasteiger partial charge in [0.1, 0.15) is 29.0 Å². The Balaban J connectivity index is 3.20. The number of rotatable bonds is 5. The first-order chi connectivity index (χ1) is 8.15. The maximum Gasteiger partial charge on any atom is 0.149 e. The molecular formula is C12H16N2O3. The zero-order valence-corrected chi connectivity index (χ0v) is 10.4. The van der Waals surface area contributed by atoms with Gasteiger partial charge in [0.05, 0.1) is 27.4 Å². The highest BCUT2D eigenvalue weighted by Crippen LogP contribution is 2.39. The zero-order valence-electron chi connectivity index (χ0n) is 10.4. The van der Waals surface area contributed by atoms with E-state index in [-0.39, 0.29) is 6.04 Å². The second-order valence-electron chi connectivity index (χ2n) is 3.40. The largest absolute Gasteiger partial charge is 0.496 e. The minimum atomic E-state index is -0.341. The van der Waals surface area contributed by atoms with Crippen molar-refractivity contribution in [1.29, 1.82) is 5.26 Å². The molecule has 0 amide bonds. The van der Waals surface area contributed by atoms with Gasteiger partial charge in [0.25, 0.3) is 0 Å². The monoisotopic (exact) mass is 236 g/mol. The maximum absolute atomic E-state index is 8.81. The van der Waals surface area contributed by atoms with E-state index in [0.717, 1.165) is 0 Å². The quantitative estimate of drug-likeness (QED) is 0.847. The van der Waals surface area contributed by atoms with Crippen LogP contribution in [-0.4, -0.2) is 27.4 Å². The molecule has 0 fully saturated rings. The summed E-state index contributed by atoms with van der Waals surface area (Å²) in [6.45, 7) is 1.75. The molecule has 0 aliphatic heterocycles. The Hall–Kier alpha value is -2.09. The SMILES string of the molecule is COc1cc(OC)c(NC(C)C#N)c(OC)c1. The van der Waals surface area contributed by atoms with Crippen molar-refractivity contribution >= 4 is 5.69 Å². The predicted molar refractivity (Wildman–Crippen MR) is 64.8 cm³/mol. The molecule has 5 nitrogen and oxygen atoms in total. The highest BCUT2D eigenvalue weighted by atomic mass is 16.5. The molecule has 0 saturated carbocycles. The maximum atomic E-state index is 8.81. The van der Waals surface area contributed by atoms with Crippen LogP contribution in [0, 0.1) is 11.3 Å². The fraction of sp³-hybridized carbons (Fsp3) is 0.417. The Morgan fingerprint density at radius 3 is 2.00 bits per heavy atom. The molecule has 0 aromatic heterocycles. The summed E-state index contributed by atoms with van der Waals surface area (Å²) in [6.07, 6.45) is 0. The van der Waals surface area contributed by atoms with Gasteiger partial charge in [0.15, 0.2) is 0 Å². The zero-order chi connectivity index (χ0) is 12.8. The van der Waals surface area contributed by atoms with Gasteiger partial charge in [0, 0.05) is 12.1 Å². The molecule has 0 spiro atoms. The molecule has 0 aliphatic rings. The Morgan fingerprint density at radius 2 is 1.65 bits per heavy atom. The summed E-state index contributed by atoms with van der Waals surface area (Å²) >= 11 is 0. The first kappa shape index (κ1) is 13.0. The number of nitrogens with zero attached hydrogens (tertiary/aromatic N) is 1. The fourth-order valence-electron chi connectivity index (χ4n) is 1.40. The average molecular weight is 236 g/mol. The highest BCUT2D eigenvalue weighted by molar-refractivity contribution is 5.69. The van der Waals surface area contributed by atoms with Crippen molar-refractivity contribution in [2.24, 2.45) is 0 Å². The van der Waals surface area contributed by atoms with Crippen molar-refractivity contribution in [3.63, 3.8) is 0 Å². The molecule has 1 unspecified atom stereocenters. The number of anilines is 1. The lowest BCUT2D eigenvalue weighted by Crippen LogP contribution is -2.13. The lowest BCUT2D eigenvalue weighted by Gasteiger charge is -2.17. The first-order valence-electron chi connectivity index (χ1n) is 5.12. The Labute approximate surface area is 101 Å². The lowest BCUT2D eigenvalue weighted by molar-refractivity contribution is 0.377. The van der Waals surface area contributed by atoms with E-state index >= 15 is 0 Å². The number of benzene rings is 1. The lowest BCUT2D eigenvalue weighted by atomic mass is 10.2. The normalized spacial score (nSPS) is 11.2. The van der Waals surface area contributed by atoms with Crippen LogP contribution >= 0.6 is 0 Å². The molecule has 0 radical (unpaired) electrons. The summed E-state index contributed by atoms with van der Waals surface area (Å²) in [4.78, 5) is 0. The van der Waals surface area contributed by atoms with Gasteiger partial charge in [-0.25, -0.2) is 0 Å². The van der Waals surface area contributed by atoms with Gasteiger partial charge in [-0.2, -0.15) is 5.26 Å². The summed E-state index contributed by atoms with van der Waals surface area (Å²) in [5, 5.41) is 11.8. The third-order valence-electron chi connectivity index (χ3n) is 2.27. The fourth-order valence-corrected chi connectivity index (χ4v) is 1.40. The van der Waals surface area contributed by atoms with E-state index in [1.807, 2.05) is 0 Å².